The molecule has 1 saturated heterocycles. The highest BCUT2D eigenvalue weighted by Crippen LogP contribution is 2.35. The van der Waals surface area contributed by atoms with Gasteiger partial charge in [-0.15, -0.1) is 0 Å². The minimum atomic E-state index is 0.191. The molecule has 0 aromatic heterocycles. The summed E-state index contributed by atoms with van der Waals surface area (Å²) in [6, 6.07) is 8.66. The number of thioether (sulfide) groups is 1. The number of benzene rings is 1. The molecule has 5 heteroatoms. The summed E-state index contributed by atoms with van der Waals surface area (Å²) in [5.41, 5.74) is 2.86. The fourth-order valence-corrected chi connectivity index (χ4v) is 4.76. The zero-order chi connectivity index (χ0) is 16.8. The molecule has 1 amide bonds. The molecule has 2 heterocycles. The predicted octanol–water partition coefficient (Wildman–Crippen LogP) is 2.16. The van der Waals surface area contributed by atoms with E-state index in [1.807, 2.05) is 11.8 Å². The number of likely N-dealkylation sites (N-methyl/N-ethyl adjacent to an activating group) is 1. The zero-order valence-electron chi connectivity index (χ0n) is 14.7. The van der Waals surface area contributed by atoms with Crippen LogP contribution in [-0.4, -0.2) is 67.3 Å². The molecule has 2 aliphatic heterocycles. The quantitative estimate of drug-likeness (QED) is 0.855. The second kappa shape index (κ2) is 8.88. The fourth-order valence-electron chi connectivity index (χ4n) is 3.53. The first-order chi connectivity index (χ1) is 11.8. The van der Waals surface area contributed by atoms with Crippen molar-refractivity contribution in [2.45, 2.75) is 25.0 Å². The Kier molecular flexibility index (Phi) is 6.58. The highest BCUT2D eigenvalue weighted by Gasteiger charge is 2.21. The van der Waals surface area contributed by atoms with Gasteiger partial charge in [0.1, 0.15) is 0 Å². The van der Waals surface area contributed by atoms with Gasteiger partial charge in [-0.2, -0.15) is 11.8 Å². The highest BCUT2D eigenvalue weighted by atomic mass is 32.2. The molecule has 3 rings (SSSR count). The van der Waals surface area contributed by atoms with Crippen LogP contribution in [0.2, 0.25) is 0 Å². The van der Waals surface area contributed by atoms with Crippen LogP contribution in [0.15, 0.2) is 24.3 Å². The lowest BCUT2D eigenvalue weighted by Gasteiger charge is -2.33. The van der Waals surface area contributed by atoms with E-state index in [4.69, 9.17) is 0 Å². The Morgan fingerprint density at radius 2 is 1.96 bits per heavy atom. The van der Waals surface area contributed by atoms with Crippen LogP contribution >= 0.6 is 11.8 Å². The van der Waals surface area contributed by atoms with Crippen molar-refractivity contribution in [3.05, 3.63) is 35.4 Å². The smallest absolute Gasteiger partial charge is 0.221 e. The van der Waals surface area contributed by atoms with Gasteiger partial charge in [-0.25, -0.2) is 0 Å². The molecule has 0 bridgehead atoms. The number of rotatable bonds is 6. The highest BCUT2D eigenvalue weighted by molar-refractivity contribution is 7.99. The molecule has 2 aliphatic rings. The number of amides is 1. The number of piperazine rings is 1. The van der Waals surface area contributed by atoms with Crippen LogP contribution in [0, 0.1) is 0 Å². The molecule has 1 N–H and O–H groups in total. The molecule has 0 spiro atoms. The molecule has 1 fully saturated rings. The van der Waals surface area contributed by atoms with Crippen LogP contribution in [0.25, 0.3) is 0 Å². The maximum atomic E-state index is 12.2. The van der Waals surface area contributed by atoms with Gasteiger partial charge in [-0.3, -0.25) is 4.79 Å². The van der Waals surface area contributed by atoms with Crippen LogP contribution in [0.1, 0.15) is 29.7 Å². The lowest BCUT2D eigenvalue weighted by Crippen LogP contribution is -2.47. The van der Waals surface area contributed by atoms with E-state index in [-0.39, 0.29) is 5.91 Å². The van der Waals surface area contributed by atoms with Gasteiger partial charge in [-0.1, -0.05) is 31.2 Å². The second-order valence-electron chi connectivity index (χ2n) is 6.64. The van der Waals surface area contributed by atoms with Gasteiger partial charge in [0.25, 0.3) is 0 Å². The first kappa shape index (κ1) is 17.8. The fraction of sp³-hybridized carbons (Fsp3) is 0.632. The van der Waals surface area contributed by atoms with Crippen molar-refractivity contribution in [1.82, 2.24) is 15.1 Å². The Labute approximate surface area is 150 Å². The maximum absolute atomic E-state index is 12.2. The third kappa shape index (κ3) is 4.74. The van der Waals surface area contributed by atoms with Crippen molar-refractivity contribution in [1.29, 1.82) is 0 Å². The van der Waals surface area contributed by atoms with Gasteiger partial charge >= 0.3 is 0 Å². The van der Waals surface area contributed by atoms with Gasteiger partial charge in [0.05, 0.1) is 0 Å². The standard InChI is InChI=1S/C19H29N3OS/c1-2-21-10-12-22(13-11-21)9-7-19(23)20-15-18-17-6-4-3-5-16(17)8-14-24-18/h3-6,18H,2,7-15H2,1H3,(H,20,23). The van der Waals surface area contributed by atoms with Gasteiger partial charge in [-0.05, 0) is 29.8 Å². The van der Waals surface area contributed by atoms with Gasteiger partial charge in [0, 0.05) is 50.9 Å². The van der Waals surface area contributed by atoms with E-state index in [1.165, 1.54) is 11.1 Å². The molecule has 1 aromatic carbocycles. The van der Waals surface area contributed by atoms with Crippen molar-refractivity contribution in [2.24, 2.45) is 0 Å². The maximum Gasteiger partial charge on any atom is 0.221 e. The summed E-state index contributed by atoms with van der Waals surface area (Å²) >= 11 is 1.97. The molecule has 1 aromatic rings. The molecule has 0 aliphatic carbocycles. The predicted molar refractivity (Wildman–Crippen MR) is 102 cm³/mol. The third-order valence-corrected chi connectivity index (χ3v) is 6.41. The zero-order valence-corrected chi connectivity index (χ0v) is 15.5. The molecule has 0 radical (unpaired) electrons. The first-order valence-electron chi connectivity index (χ1n) is 9.17. The summed E-state index contributed by atoms with van der Waals surface area (Å²) in [5.74, 6) is 1.34. The van der Waals surface area contributed by atoms with Gasteiger partial charge in [0.2, 0.25) is 5.91 Å². The van der Waals surface area contributed by atoms with E-state index in [2.05, 4.69) is 46.3 Å². The summed E-state index contributed by atoms with van der Waals surface area (Å²) in [7, 11) is 0. The van der Waals surface area contributed by atoms with Crippen LogP contribution in [0.3, 0.4) is 0 Å². The van der Waals surface area contributed by atoms with Crippen molar-refractivity contribution < 1.29 is 4.79 Å². The van der Waals surface area contributed by atoms with E-state index in [0.717, 1.165) is 58.0 Å². The molecule has 1 atom stereocenters. The molecular formula is C19H29N3OS. The number of hydrogen-bond donors (Lipinski definition) is 1. The number of aryl methyl sites for hydroxylation is 1. The Morgan fingerprint density at radius 3 is 2.75 bits per heavy atom. The summed E-state index contributed by atoms with van der Waals surface area (Å²) in [6.45, 7) is 9.43. The Morgan fingerprint density at radius 1 is 1.21 bits per heavy atom. The number of carbonyl (C=O) groups is 1. The number of fused-ring (bicyclic) bond motifs is 1. The number of nitrogens with zero attached hydrogens (tertiary/aromatic N) is 2. The summed E-state index contributed by atoms with van der Waals surface area (Å²) in [4.78, 5) is 17.1. The molecule has 0 saturated carbocycles. The molecule has 24 heavy (non-hydrogen) atoms. The number of hydrogen-bond acceptors (Lipinski definition) is 4. The minimum absolute atomic E-state index is 0.191. The van der Waals surface area contributed by atoms with E-state index in [1.54, 1.807) is 0 Å². The molecular weight excluding hydrogens is 318 g/mol. The van der Waals surface area contributed by atoms with Crippen molar-refractivity contribution in [3.63, 3.8) is 0 Å². The average molecular weight is 348 g/mol. The SMILES string of the molecule is CCN1CCN(CCC(=O)NCC2SCCc3ccccc32)CC1. The molecule has 132 valence electrons. The van der Waals surface area contributed by atoms with Crippen LogP contribution in [0.5, 0.6) is 0 Å². The van der Waals surface area contributed by atoms with Crippen molar-refractivity contribution >= 4 is 17.7 Å². The monoisotopic (exact) mass is 347 g/mol. The third-order valence-electron chi connectivity index (χ3n) is 5.14. The average Bonchev–Trinajstić information content (AvgIpc) is 2.65. The Hall–Kier alpha value is -1.04. The van der Waals surface area contributed by atoms with Crippen LogP contribution < -0.4 is 5.32 Å². The summed E-state index contributed by atoms with van der Waals surface area (Å²) in [5, 5.41) is 3.57. The minimum Gasteiger partial charge on any atom is -0.355 e. The van der Waals surface area contributed by atoms with Crippen LogP contribution in [-0.2, 0) is 11.2 Å². The van der Waals surface area contributed by atoms with Gasteiger partial charge < -0.3 is 15.1 Å². The van der Waals surface area contributed by atoms with Crippen LogP contribution in [0.4, 0.5) is 0 Å². The Balaban J connectivity index is 1.39. The normalized spacial score (nSPS) is 22.1. The van der Waals surface area contributed by atoms with E-state index >= 15 is 0 Å². The molecule has 1 unspecified atom stereocenters. The topological polar surface area (TPSA) is 35.6 Å². The Bertz CT molecular complexity index is 543. The lowest BCUT2D eigenvalue weighted by molar-refractivity contribution is -0.121. The lowest BCUT2D eigenvalue weighted by atomic mass is 10.0. The van der Waals surface area contributed by atoms with E-state index in [0.29, 0.717) is 11.7 Å². The van der Waals surface area contributed by atoms with Crippen molar-refractivity contribution in [2.75, 3.05) is 51.6 Å². The second-order valence-corrected chi connectivity index (χ2v) is 7.95. The van der Waals surface area contributed by atoms with Gasteiger partial charge in [0.15, 0.2) is 0 Å². The largest absolute Gasteiger partial charge is 0.355 e. The number of nitrogens with one attached hydrogen (secondary N) is 1. The number of carbonyl (C=O) groups excluding carboxylic acids is 1. The van der Waals surface area contributed by atoms with E-state index < -0.39 is 0 Å². The molecule has 4 nitrogen and oxygen atoms in total. The first-order valence-corrected chi connectivity index (χ1v) is 10.2. The summed E-state index contributed by atoms with van der Waals surface area (Å²) < 4.78 is 0. The van der Waals surface area contributed by atoms with E-state index in [9.17, 15) is 4.79 Å². The van der Waals surface area contributed by atoms with Crippen molar-refractivity contribution in [3.8, 4) is 0 Å². The summed E-state index contributed by atoms with van der Waals surface area (Å²) in [6.07, 6.45) is 1.76.